The largest absolute Gasteiger partial charge is 0.382 e. The van der Waals surface area contributed by atoms with Crippen LogP contribution in [-0.4, -0.2) is 23.0 Å². The predicted molar refractivity (Wildman–Crippen MR) is 120 cm³/mol. The molecule has 29 heavy (non-hydrogen) atoms. The Morgan fingerprint density at radius 2 is 1.72 bits per heavy atom. The van der Waals surface area contributed by atoms with Gasteiger partial charge in [-0.25, -0.2) is 0 Å². The van der Waals surface area contributed by atoms with Crippen molar-refractivity contribution in [2.45, 2.75) is 51.6 Å². The van der Waals surface area contributed by atoms with Crippen LogP contribution in [0.4, 0.5) is 5.69 Å². The SMILES string of the molecule is Cc1ccc(C(=O)N[C@H]2CC[C@@H](Nc3ccnc4cc(Cl)ccc34)CC2)cc1C. The molecule has 0 unspecified atom stereocenters. The summed E-state index contributed by atoms with van der Waals surface area (Å²) in [6, 6.07) is 14.3. The van der Waals surface area contributed by atoms with Gasteiger partial charge in [0, 0.05) is 39.9 Å². The molecule has 1 heterocycles. The van der Waals surface area contributed by atoms with Crippen LogP contribution in [-0.2, 0) is 0 Å². The zero-order valence-corrected chi connectivity index (χ0v) is 17.6. The highest BCUT2D eigenvalue weighted by atomic mass is 35.5. The van der Waals surface area contributed by atoms with Gasteiger partial charge in [0.2, 0.25) is 0 Å². The third-order valence-corrected chi connectivity index (χ3v) is 6.13. The van der Waals surface area contributed by atoms with Crippen molar-refractivity contribution in [1.82, 2.24) is 10.3 Å². The smallest absolute Gasteiger partial charge is 0.251 e. The average Bonchev–Trinajstić information content (AvgIpc) is 2.71. The van der Waals surface area contributed by atoms with Crippen LogP contribution >= 0.6 is 11.6 Å². The Morgan fingerprint density at radius 3 is 2.48 bits per heavy atom. The van der Waals surface area contributed by atoms with Gasteiger partial charge in [-0.15, -0.1) is 0 Å². The molecule has 1 aliphatic rings. The van der Waals surface area contributed by atoms with Gasteiger partial charge in [0.25, 0.3) is 5.91 Å². The zero-order chi connectivity index (χ0) is 20.4. The van der Waals surface area contributed by atoms with Crippen LogP contribution in [0.2, 0.25) is 5.02 Å². The summed E-state index contributed by atoms with van der Waals surface area (Å²) in [6.07, 6.45) is 5.81. The van der Waals surface area contributed by atoms with Crippen LogP contribution < -0.4 is 10.6 Å². The standard InChI is InChI=1S/C24H26ClN3O/c1-15-3-4-17(13-16(15)2)24(29)28-20-8-6-19(7-9-20)27-22-11-12-26-23-14-18(25)5-10-21(22)23/h3-5,10-14,19-20H,6-9H2,1-2H3,(H,26,27)(H,28,29)/t19-,20+. The first-order valence-electron chi connectivity index (χ1n) is 10.2. The summed E-state index contributed by atoms with van der Waals surface area (Å²) in [5, 5.41) is 8.66. The summed E-state index contributed by atoms with van der Waals surface area (Å²) in [5.74, 6) is 0.0292. The number of nitrogens with one attached hydrogen (secondary N) is 2. The van der Waals surface area contributed by atoms with Gasteiger partial charge < -0.3 is 10.6 Å². The molecule has 4 rings (SSSR count). The molecule has 0 spiro atoms. The van der Waals surface area contributed by atoms with E-state index in [1.54, 1.807) is 0 Å². The number of hydrogen-bond acceptors (Lipinski definition) is 3. The van der Waals surface area contributed by atoms with Crippen LogP contribution in [0.5, 0.6) is 0 Å². The van der Waals surface area contributed by atoms with Gasteiger partial charge >= 0.3 is 0 Å². The quantitative estimate of drug-likeness (QED) is 0.586. The number of anilines is 1. The number of amides is 1. The van der Waals surface area contributed by atoms with Crippen LogP contribution in [0.3, 0.4) is 0 Å². The molecule has 1 fully saturated rings. The minimum Gasteiger partial charge on any atom is -0.382 e. The summed E-state index contributed by atoms with van der Waals surface area (Å²) in [7, 11) is 0. The minimum atomic E-state index is 0.0292. The van der Waals surface area contributed by atoms with Crippen LogP contribution in [0.1, 0.15) is 47.2 Å². The third kappa shape index (κ3) is 4.54. The van der Waals surface area contributed by atoms with E-state index in [0.29, 0.717) is 11.1 Å². The highest BCUT2D eigenvalue weighted by Gasteiger charge is 2.23. The predicted octanol–water partition coefficient (Wildman–Crippen LogP) is 5.66. The number of carbonyl (C=O) groups excluding carboxylic acids is 1. The second-order valence-electron chi connectivity index (χ2n) is 7.99. The Morgan fingerprint density at radius 1 is 0.966 bits per heavy atom. The number of fused-ring (bicyclic) bond motifs is 1. The molecular formula is C24H26ClN3O. The number of nitrogens with zero attached hydrogens (tertiary/aromatic N) is 1. The summed E-state index contributed by atoms with van der Waals surface area (Å²) in [6.45, 7) is 4.10. The molecule has 5 heteroatoms. The monoisotopic (exact) mass is 407 g/mol. The van der Waals surface area contributed by atoms with Crippen molar-refractivity contribution in [2.75, 3.05) is 5.32 Å². The molecule has 150 valence electrons. The van der Waals surface area contributed by atoms with E-state index in [-0.39, 0.29) is 11.9 Å². The summed E-state index contributed by atoms with van der Waals surface area (Å²) >= 11 is 6.09. The molecule has 0 radical (unpaired) electrons. The molecule has 1 aliphatic carbocycles. The van der Waals surface area contributed by atoms with Crippen molar-refractivity contribution >= 4 is 34.1 Å². The number of aryl methyl sites for hydroxylation is 2. The number of rotatable bonds is 4. The van der Waals surface area contributed by atoms with Crippen molar-refractivity contribution in [3.8, 4) is 0 Å². The van der Waals surface area contributed by atoms with Gasteiger partial charge in [-0.1, -0.05) is 17.7 Å². The van der Waals surface area contributed by atoms with E-state index in [1.165, 1.54) is 5.56 Å². The molecule has 0 aliphatic heterocycles. The minimum absolute atomic E-state index is 0.0292. The lowest BCUT2D eigenvalue weighted by atomic mass is 9.90. The van der Waals surface area contributed by atoms with Crippen molar-refractivity contribution in [2.24, 2.45) is 0 Å². The van der Waals surface area contributed by atoms with Gasteiger partial charge in [0.15, 0.2) is 0 Å². The lowest BCUT2D eigenvalue weighted by Crippen LogP contribution is -2.40. The number of carbonyl (C=O) groups is 1. The number of hydrogen-bond donors (Lipinski definition) is 2. The summed E-state index contributed by atoms with van der Waals surface area (Å²) in [4.78, 5) is 17.0. The second-order valence-corrected chi connectivity index (χ2v) is 8.42. The lowest BCUT2D eigenvalue weighted by molar-refractivity contribution is 0.0926. The molecule has 4 nitrogen and oxygen atoms in total. The third-order valence-electron chi connectivity index (χ3n) is 5.90. The van der Waals surface area contributed by atoms with Crippen molar-refractivity contribution in [3.63, 3.8) is 0 Å². The first kappa shape index (κ1) is 19.7. The topological polar surface area (TPSA) is 54.0 Å². The van der Waals surface area contributed by atoms with E-state index in [0.717, 1.165) is 53.4 Å². The molecule has 1 amide bonds. The van der Waals surface area contributed by atoms with Gasteiger partial charge in [-0.05, 0) is 87.1 Å². The summed E-state index contributed by atoms with van der Waals surface area (Å²) < 4.78 is 0. The van der Waals surface area contributed by atoms with Crippen molar-refractivity contribution in [1.29, 1.82) is 0 Å². The molecule has 0 saturated heterocycles. The molecule has 1 saturated carbocycles. The maximum atomic E-state index is 12.6. The summed E-state index contributed by atoms with van der Waals surface area (Å²) in [5.41, 5.74) is 5.09. The molecule has 2 N–H and O–H groups in total. The number of benzene rings is 2. The molecule has 3 aromatic rings. The fourth-order valence-electron chi connectivity index (χ4n) is 4.00. The normalized spacial score (nSPS) is 19.1. The van der Waals surface area contributed by atoms with E-state index in [2.05, 4.69) is 22.5 Å². The number of aromatic nitrogens is 1. The van der Waals surface area contributed by atoms with Crippen LogP contribution in [0.25, 0.3) is 10.9 Å². The van der Waals surface area contributed by atoms with Crippen LogP contribution in [0, 0.1) is 13.8 Å². The highest BCUT2D eigenvalue weighted by molar-refractivity contribution is 6.31. The Balaban J connectivity index is 1.35. The van der Waals surface area contributed by atoms with E-state index < -0.39 is 0 Å². The molecule has 0 atom stereocenters. The Bertz CT molecular complexity index is 1040. The maximum Gasteiger partial charge on any atom is 0.251 e. The average molecular weight is 408 g/mol. The number of pyridine rings is 1. The Kier molecular flexibility index (Phi) is 5.72. The second kappa shape index (κ2) is 8.42. The first-order chi connectivity index (χ1) is 14.0. The fraction of sp³-hybridized carbons (Fsp3) is 0.333. The van der Waals surface area contributed by atoms with Crippen LogP contribution in [0.15, 0.2) is 48.7 Å². The van der Waals surface area contributed by atoms with Gasteiger partial charge in [0.05, 0.1) is 5.52 Å². The Labute approximate surface area is 176 Å². The molecular weight excluding hydrogens is 382 g/mol. The highest BCUT2D eigenvalue weighted by Crippen LogP contribution is 2.28. The van der Waals surface area contributed by atoms with E-state index >= 15 is 0 Å². The van der Waals surface area contributed by atoms with E-state index in [1.807, 2.05) is 55.6 Å². The molecule has 1 aromatic heterocycles. The van der Waals surface area contributed by atoms with E-state index in [4.69, 9.17) is 11.6 Å². The van der Waals surface area contributed by atoms with Gasteiger partial charge in [0.1, 0.15) is 0 Å². The fourth-order valence-corrected chi connectivity index (χ4v) is 4.17. The molecule has 0 bridgehead atoms. The molecule has 2 aromatic carbocycles. The van der Waals surface area contributed by atoms with Crippen molar-refractivity contribution < 1.29 is 4.79 Å². The van der Waals surface area contributed by atoms with Crippen molar-refractivity contribution in [3.05, 3.63) is 70.4 Å². The van der Waals surface area contributed by atoms with Gasteiger partial charge in [-0.3, -0.25) is 9.78 Å². The maximum absolute atomic E-state index is 12.6. The lowest BCUT2D eigenvalue weighted by Gasteiger charge is -2.30. The number of halogens is 1. The van der Waals surface area contributed by atoms with E-state index in [9.17, 15) is 4.79 Å². The zero-order valence-electron chi connectivity index (χ0n) is 16.8. The van der Waals surface area contributed by atoms with Gasteiger partial charge in [-0.2, -0.15) is 0 Å². The first-order valence-corrected chi connectivity index (χ1v) is 10.6. The Hall–Kier alpha value is -2.59.